The molecule has 1 atom stereocenters. The van der Waals surface area contributed by atoms with E-state index in [-0.39, 0.29) is 25.3 Å². The number of carbonyl (C=O) groups is 2. The molecule has 0 aliphatic heterocycles. The van der Waals surface area contributed by atoms with Crippen molar-refractivity contribution >= 4 is 33.5 Å². The van der Waals surface area contributed by atoms with Crippen molar-refractivity contribution in [3.8, 4) is 11.8 Å². The van der Waals surface area contributed by atoms with Crippen LogP contribution in [0.5, 0.6) is 5.75 Å². The maximum absolute atomic E-state index is 12.7. The number of carbonyl (C=O) groups excluding carboxylic acids is 2. The molecule has 2 aromatic rings. The average molecular weight is 459 g/mol. The third-order valence-corrected chi connectivity index (χ3v) is 4.52. The van der Waals surface area contributed by atoms with Crippen LogP contribution in [-0.4, -0.2) is 31.1 Å². The number of benzene rings is 2. The Balaban J connectivity index is 1.82. The number of hydrogen-bond acceptors (Lipinski definition) is 5. The van der Waals surface area contributed by atoms with Crippen LogP contribution in [0.25, 0.3) is 0 Å². The molecule has 1 amide bonds. The molecule has 152 valence electrons. The quantitative estimate of drug-likeness (QED) is 0.387. The fraction of sp³-hybridized carbons (Fsp3) is 0.318. The minimum Gasteiger partial charge on any atom is -0.494 e. The Hall–Kier alpha value is -2.85. The lowest BCUT2D eigenvalue weighted by molar-refractivity contribution is -0.154. The molecule has 0 spiro atoms. The van der Waals surface area contributed by atoms with E-state index >= 15 is 0 Å². The van der Waals surface area contributed by atoms with Crippen LogP contribution in [0.1, 0.15) is 26.2 Å². The monoisotopic (exact) mass is 458 g/mol. The first kappa shape index (κ1) is 22.4. The van der Waals surface area contributed by atoms with Gasteiger partial charge in [0.05, 0.1) is 19.1 Å². The Kier molecular flexibility index (Phi) is 9.19. The van der Waals surface area contributed by atoms with Crippen molar-refractivity contribution in [2.45, 2.75) is 32.3 Å². The number of anilines is 1. The van der Waals surface area contributed by atoms with Gasteiger partial charge in [0.1, 0.15) is 5.75 Å². The summed E-state index contributed by atoms with van der Waals surface area (Å²) in [5.74, 6) is -0.102. The van der Waals surface area contributed by atoms with Gasteiger partial charge in [-0.2, -0.15) is 5.26 Å². The Labute approximate surface area is 179 Å². The first-order chi connectivity index (χ1) is 14.0. The highest BCUT2D eigenvalue weighted by atomic mass is 79.9. The molecule has 0 heterocycles. The number of halogens is 1. The third kappa shape index (κ3) is 7.59. The van der Waals surface area contributed by atoms with E-state index in [0.29, 0.717) is 24.5 Å². The van der Waals surface area contributed by atoms with Gasteiger partial charge in [-0.1, -0.05) is 40.2 Å². The minimum atomic E-state index is -0.938. The summed E-state index contributed by atoms with van der Waals surface area (Å²) in [5.41, 5.74) is 0.665. The summed E-state index contributed by atoms with van der Waals surface area (Å²) in [6.07, 6.45) is -0.126. The van der Waals surface area contributed by atoms with Crippen molar-refractivity contribution in [1.82, 2.24) is 0 Å². The van der Waals surface area contributed by atoms with E-state index in [1.807, 2.05) is 48.5 Å². The SMILES string of the molecule is C[C@H](OC(=O)CCCOc1cccc(Br)c1)C(=O)N(CCC#N)c1ccccc1. The van der Waals surface area contributed by atoms with Gasteiger partial charge in [-0.05, 0) is 43.7 Å². The van der Waals surface area contributed by atoms with Gasteiger partial charge in [0.2, 0.25) is 0 Å². The second-order valence-electron chi connectivity index (χ2n) is 6.28. The molecule has 0 aliphatic carbocycles. The lowest BCUT2D eigenvalue weighted by atomic mass is 10.2. The van der Waals surface area contributed by atoms with Crippen LogP contribution in [0.15, 0.2) is 59.1 Å². The second-order valence-corrected chi connectivity index (χ2v) is 7.19. The molecule has 0 aromatic heterocycles. The van der Waals surface area contributed by atoms with E-state index in [9.17, 15) is 9.59 Å². The van der Waals surface area contributed by atoms with Gasteiger partial charge >= 0.3 is 5.97 Å². The third-order valence-electron chi connectivity index (χ3n) is 4.03. The van der Waals surface area contributed by atoms with Crippen LogP contribution < -0.4 is 9.64 Å². The number of nitrogens with zero attached hydrogens (tertiary/aromatic N) is 2. The van der Waals surface area contributed by atoms with Crippen LogP contribution in [0.3, 0.4) is 0 Å². The molecular weight excluding hydrogens is 436 g/mol. The zero-order valence-electron chi connectivity index (χ0n) is 16.2. The predicted octanol–water partition coefficient (Wildman–Crippen LogP) is 4.49. The fourth-order valence-electron chi connectivity index (χ4n) is 2.63. The maximum atomic E-state index is 12.7. The summed E-state index contributed by atoms with van der Waals surface area (Å²) in [6, 6.07) is 18.5. The molecule has 0 radical (unpaired) electrons. The van der Waals surface area contributed by atoms with Crippen LogP contribution >= 0.6 is 15.9 Å². The van der Waals surface area contributed by atoms with Gasteiger partial charge in [-0.3, -0.25) is 9.59 Å². The van der Waals surface area contributed by atoms with Crippen LogP contribution in [0.4, 0.5) is 5.69 Å². The molecule has 2 rings (SSSR count). The molecule has 0 unspecified atom stereocenters. The number of ether oxygens (including phenoxy) is 2. The number of esters is 1. The minimum absolute atomic E-state index is 0.148. The smallest absolute Gasteiger partial charge is 0.306 e. The zero-order valence-corrected chi connectivity index (χ0v) is 17.8. The standard InChI is InChI=1S/C22H23BrN2O4/c1-17(22(27)25(14-7-13-24)19-9-3-2-4-10-19)29-21(26)12-6-15-28-20-11-5-8-18(23)16-20/h2-5,8-11,16-17H,6-7,12,14-15H2,1H3/t17-/m0/s1. The summed E-state index contributed by atoms with van der Waals surface area (Å²) in [4.78, 5) is 26.3. The van der Waals surface area contributed by atoms with Gasteiger partial charge in [-0.15, -0.1) is 0 Å². The van der Waals surface area contributed by atoms with Crippen molar-refractivity contribution in [1.29, 1.82) is 5.26 Å². The zero-order chi connectivity index (χ0) is 21.1. The van der Waals surface area contributed by atoms with E-state index in [2.05, 4.69) is 15.9 Å². The van der Waals surface area contributed by atoms with Crippen LogP contribution in [-0.2, 0) is 14.3 Å². The largest absolute Gasteiger partial charge is 0.494 e. The molecule has 0 bridgehead atoms. The normalized spacial score (nSPS) is 11.2. The van der Waals surface area contributed by atoms with Crippen molar-refractivity contribution in [3.63, 3.8) is 0 Å². The Morgan fingerprint density at radius 2 is 1.93 bits per heavy atom. The molecule has 0 saturated carbocycles. The van der Waals surface area contributed by atoms with Gasteiger partial charge in [0.15, 0.2) is 6.10 Å². The molecule has 0 aliphatic rings. The number of rotatable bonds is 10. The van der Waals surface area contributed by atoms with Gasteiger partial charge in [-0.25, -0.2) is 0 Å². The Morgan fingerprint density at radius 1 is 1.17 bits per heavy atom. The molecule has 0 N–H and O–H groups in total. The number of hydrogen-bond donors (Lipinski definition) is 0. The highest BCUT2D eigenvalue weighted by molar-refractivity contribution is 9.10. The molecule has 2 aromatic carbocycles. The van der Waals surface area contributed by atoms with Gasteiger partial charge < -0.3 is 14.4 Å². The van der Waals surface area contributed by atoms with Crippen molar-refractivity contribution < 1.29 is 19.1 Å². The molecule has 0 saturated heterocycles. The highest BCUT2D eigenvalue weighted by Gasteiger charge is 2.24. The predicted molar refractivity (Wildman–Crippen MR) is 113 cm³/mol. The fourth-order valence-corrected chi connectivity index (χ4v) is 3.00. The Morgan fingerprint density at radius 3 is 2.62 bits per heavy atom. The lowest BCUT2D eigenvalue weighted by Gasteiger charge is -2.25. The summed E-state index contributed by atoms with van der Waals surface area (Å²) in [7, 11) is 0. The topological polar surface area (TPSA) is 79.6 Å². The molecule has 6 nitrogen and oxygen atoms in total. The molecule has 7 heteroatoms. The van der Waals surface area contributed by atoms with Gasteiger partial charge in [0, 0.05) is 23.1 Å². The first-order valence-electron chi connectivity index (χ1n) is 9.32. The summed E-state index contributed by atoms with van der Waals surface area (Å²) in [5, 5.41) is 8.86. The molecule has 0 fully saturated rings. The van der Waals surface area contributed by atoms with E-state index in [1.165, 1.54) is 4.90 Å². The summed E-state index contributed by atoms with van der Waals surface area (Å²) in [6.45, 7) is 2.15. The van der Waals surface area contributed by atoms with E-state index in [4.69, 9.17) is 14.7 Å². The van der Waals surface area contributed by atoms with Crippen molar-refractivity contribution in [2.75, 3.05) is 18.1 Å². The van der Waals surface area contributed by atoms with E-state index in [1.54, 1.807) is 19.1 Å². The summed E-state index contributed by atoms with van der Waals surface area (Å²) < 4.78 is 11.8. The number of para-hydroxylation sites is 1. The van der Waals surface area contributed by atoms with Crippen molar-refractivity contribution in [2.24, 2.45) is 0 Å². The molecule has 29 heavy (non-hydrogen) atoms. The van der Waals surface area contributed by atoms with E-state index < -0.39 is 12.1 Å². The summed E-state index contributed by atoms with van der Waals surface area (Å²) >= 11 is 3.37. The number of amides is 1. The lowest BCUT2D eigenvalue weighted by Crippen LogP contribution is -2.40. The number of nitriles is 1. The Bertz CT molecular complexity index is 851. The first-order valence-corrected chi connectivity index (χ1v) is 10.1. The van der Waals surface area contributed by atoms with Crippen LogP contribution in [0.2, 0.25) is 0 Å². The van der Waals surface area contributed by atoms with Crippen molar-refractivity contribution in [3.05, 3.63) is 59.1 Å². The van der Waals surface area contributed by atoms with Crippen LogP contribution in [0, 0.1) is 11.3 Å². The van der Waals surface area contributed by atoms with Gasteiger partial charge in [0.25, 0.3) is 5.91 Å². The molecular formula is C22H23BrN2O4. The second kappa shape index (κ2) is 11.9. The van der Waals surface area contributed by atoms with E-state index in [0.717, 1.165) is 4.47 Å². The maximum Gasteiger partial charge on any atom is 0.306 e. The highest BCUT2D eigenvalue weighted by Crippen LogP contribution is 2.18. The average Bonchev–Trinajstić information content (AvgIpc) is 2.72.